The minimum Gasteiger partial charge on any atom is -0.456 e. The van der Waals surface area contributed by atoms with Crippen molar-refractivity contribution in [1.29, 1.82) is 0 Å². The summed E-state index contributed by atoms with van der Waals surface area (Å²) in [7, 11) is 0. The Morgan fingerprint density at radius 1 is 0.534 bits per heavy atom. The second-order valence-corrected chi connectivity index (χ2v) is 22.7. The lowest BCUT2D eigenvalue weighted by Gasteiger charge is -2.77. The van der Waals surface area contributed by atoms with E-state index < -0.39 is 0 Å². The number of rotatable bonds is 4. The molecule has 4 fully saturated rings. The van der Waals surface area contributed by atoms with Gasteiger partial charge in [0.25, 0.3) is 0 Å². The fraction of sp³-hybridized carbons (Fsp3) is 0.464. The molecule has 1 heterocycles. The van der Waals surface area contributed by atoms with Crippen LogP contribution in [0.2, 0.25) is 0 Å². The number of nitrogens with zero attached hydrogens (tertiary/aromatic N) is 1. The summed E-state index contributed by atoms with van der Waals surface area (Å²) in [4.78, 5) is 2.69. The first-order valence-electron chi connectivity index (χ1n) is 22.8. The van der Waals surface area contributed by atoms with Crippen LogP contribution >= 0.6 is 0 Å². The Bertz CT molecular complexity index is 2480. The molecule has 6 atom stereocenters. The van der Waals surface area contributed by atoms with Crippen LogP contribution in [0.15, 0.2) is 103 Å². The van der Waals surface area contributed by atoms with E-state index >= 15 is 0 Å². The molecule has 7 aliphatic rings. The molecule has 4 saturated carbocycles. The molecular formula is C56H61NO. The predicted octanol–water partition coefficient (Wildman–Crippen LogP) is 15.0. The van der Waals surface area contributed by atoms with Crippen LogP contribution in [0.5, 0.6) is 11.5 Å². The van der Waals surface area contributed by atoms with Gasteiger partial charge in [-0.3, -0.25) is 0 Å². The third-order valence-electron chi connectivity index (χ3n) is 18.1. The summed E-state index contributed by atoms with van der Waals surface area (Å²) in [5.41, 5.74) is 16.1. The lowest BCUT2D eigenvalue weighted by molar-refractivity contribution is -0.235. The molecule has 6 unspecified atom stereocenters. The molecule has 0 aromatic heterocycles. The van der Waals surface area contributed by atoms with E-state index in [-0.39, 0.29) is 27.1 Å². The highest BCUT2D eigenvalue weighted by molar-refractivity contribution is 5.86. The number of para-hydroxylation sites is 1. The van der Waals surface area contributed by atoms with Crippen molar-refractivity contribution in [2.45, 2.75) is 134 Å². The molecule has 0 radical (unpaired) electrons. The van der Waals surface area contributed by atoms with Gasteiger partial charge in [0.15, 0.2) is 0 Å². The van der Waals surface area contributed by atoms with Crippen LogP contribution in [-0.4, -0.2) is 0 Å². The van der Waals surface area contributed by atoms with Crippen LogP contribution in [0.3, 0.4) is 0 Å². The second kappa shape index (κ2) is 11.3. The zero-order valence-corrected chi connectivity index (χ0v) is 36.1. The molecule has 0 saturated heterocycles. The summed E-state index contributed by atoms with van der Waals surface area (Å²) in [5.74, 6) is 5.41. The minimum absolute atomic E-state index is 0.0125. The van der Waals surface area contributed by atoms with Crippen molar-refractivity contribution in [2.24, 2.45) is 29.1 Å². The average molecular weight is 764 g/mol. The van der Waals surface area contributed by atoms with Crippen molar-refractivity contribution in [1.82, 2.24) is 0 Å². The lowest BCUT2D eigenvalue weighted by atomic mass is 9.26. The quantitative estimate of drug-likeness (QED) is 0.181. The predicted molar refractivity (Wildman–Crippen MR) is 239 cm³/mol. The Hall–Kier alpha value is -4.30. The standard InChI is InChI=1S/C56H61NO/c1-51(2)25-27-53(5,6)48-40(51)18-13-21-43(48)57(44-22-14-19-41-49(44)54(7,8)28-26-52(41,3)4)37-23-24-39-45(32-37)58-50-38(35-15-10-9-11-16-35)17-12-20-42(50)56(39)46-30-34-29-36-31-47(56)55(36,46)33-34/h9-24,32,34,36,46-47H,25-31,33H2,1-8H3. The number of hydrogen-bond donors (Lipinski definition) is 0. The van der Waals surface area contributed by atoms with E-state index in [0.717, 1.165) is 23.3 Å². The highest BCUT2D eigenvalue weighted by Crippen LogP contribution is 2.89. The Labute approximate surface area is 347 Å². The highest BCUT2D eigenvalue weighted by atomic mass is 16.5. The molecule has 2 bridgehead atoms. The van der Waals surface area contributed by atoms with Crippen molar-refractivity contribution in [2.75, 3.05) is 4.90 Å². The van der Waals surface area contributed by atoms with Crippen LogP contribution in [0.4, 0.5) is 17.1 Å². The summed E-state index contributed by atoms with van der Waals surface area (Å²) in [6.45, 7) is 19.8. The lowest BCUT2D eigenvalue weighted by Crippen LogP contribution is -2.74. The molecule has 1 aliphatic heterocycles. The first-order valence-corrected chi connectivity index (χ1v) is 22.8. The third-order valence-corrected chi connectivity index (χ3v) is 18.1. The normalized spacial score (nSPS) is 31.4. The topological polar surface area (TPSA) is 12.5 Å². The molecule has 2 spiro atoms. The maximum absolute atomic E-state index is 7.50. The van der Waals surface area contributed by atoms with Crippen LogP contribution in [-0.2, 0) is 27.1 Å². The SMILES string of the molecule is CC1(C)CCC(C)(C)c2c(N(c3ccc4c(c3)Oc3c(-c5ccccc5)cccc3C43C4CC5CC6CC3C64C5)c3cccc4c3C(C)(C)CCC4(C)C)cccc21. The van der Waals surface area contributed by atoms with E-state index in [1.165, 1.54) is 113 Å². The number of anilines is 3. The first-order chi connectivity index (χ1) is 27.7. The minimum atomic E-state index is 0.0125. The highest BCUT2D eigenvalue weighted by Gasteiger charge is 2.84. The summed E-state index contributed by atoms with van der Waals surface area (Å²) in [6, 6.07) is 40.1. The van der Waals surface area contributed by atoms with Gasteiger partial charge in [-0.05, 0) is 148 Å². The number of benzene rings is 5. The van der Waals surface area contributed by atoms with Gasteiger partial charge < -0.3 is 9.64 Å². The Morgan fingerprint density at radius 3 is 1.76 bits per heavy atom. The van der Waals surface area contributed by atoms with Crippen molar-refractivity contribution in [3.63, 3.8) is 0 Å². The van der Waals surface area contributed by atoms with Gasteiger partial charge in [0.1, 0.15) is 11.5 Å². The molecule has 12 rings (SSSR count). The van der Waals surface area contributed by atoms with Crippen molar-refractivity contribution >= 4 is 17.1 Å². The average Bonchev–Trinajstić information content (AvgIpc) is 3.74. The van der Waals surface area contributed by atoms with Gasteiger partial charge in [-0.25, -0.2) is 0 Å². The van der Waals surface area contributed by atoms with Crippen LogP contribution in [0.1, 0.15) is 140 Å². The molecule has 58 heavy (non-hydrogen) atoms. The maximum Gasteiger partial charge on any atom is 0.139 e. The van der Waals surface area contributed by atoms with Crippen LogP contribution < -0.4 is 9.64 Å². The maximum atomic E-state index is 7.50. The molecule has 6 aliphatic carbocycles. The van der Waals surface area contributed by atoms with Gasteiger partial charge in [0, 0.05) is 33.9 Å². The largest absolute Gasteiger partial charge is 0.456 e. The van der Waals surface area contributed by atoms with Crippen molar-refractivity contribution in [3.8, 4) is 22.6 Å². The van der Waals surface area contributed by atoms with E-state index in [1.54, 1.807) is 0 Å². The zero-order valence-electron chi connectivity index (χ0n) is 36.1. The van der Waals surface area contributed by atoms with E-state index in [0.29, 0.717) is 17.3 Å². The van der Waals surface area contributed by atoms with Crippen LogP contribution in [0, 0.1) is 29.1 Å². The van der Waals surface area contributed by atoms with E-state index in [4.69, 9.17) is 4.74 Å². The van der Waals surface area contributed by atoms with Gasteiger partial charge in [-0.1, -0.05) is 134 Å². The number of ether oxygens (including phenoxy) is 1. The Kier molecular flexibility index (Phi) is 6.93. The summed E-state index contributed by atoms with van der Waals surface area (Å²) in [6.07, 6.45) is 10.4. The Morgan fingerprint density at radius 2 is 1.12 bits per heavy atom. The summed E-state index contributed by atoms with van der Waals surface area (Å²) >= 11 is 0. The smallest absolute Gasteiger partial charge is 0.139 e. The van der Waals surface area contributed by atoms with Gasteiger partial charge in [-0.15, -0.1) is 0 Å². The number of fused-ring (bicyclic) bond motifs is 9. The van der Waals surface area contributed by atoms with Gasteiger partial charge in [0.05, 0.1) is 11.4 Å². The van der Waals surface area contributed by atoms with Gasteiger partial charge in [-0.2, -0.15) is 0 Å². The molecule has 0 N–H and O–H groups in total. The summed E-state index contributed by atoms with van der Waals surface area (Å²) < 4.78 is 7.50. The molecule has 2 nitrogen and oxygen atoms in total. The van der Waals surface area contributed by atoms with E-state index in [1.807, 2.05) is 0 Å². The fourth-order valence-corrected chi connectivity index (χ4v) is 15.3. The van der Waals surface area contributed by atoms with Crippen molar-refractivity contribution < 1.29 is 4.74 Å². The van der Waals surface area contributed by atoms with Crippen molar-refractivity contribution in [3.05, 3.63) is 137 Å². The molecule has 2 heteroatoms. The first kappa shape index (κ1) is 35.6. The van der Waals surface area contributed by atoms with Crippen LogP contribution in [0.25, 0.3) is 11.1 Å². The monoisotopic (exact) mass is 763 g/mol. The van der Waals surface area contributed by atoms with E-state index in [2.05, 4.69) is 163 Å². The van der Waals surface area contributed by atoms with Gasteiger partial charge in [0.2, 0.25) is 0 Å². The molecule has 296 valence electrons. The molecular weight excluding hydrogens is 703 g/mol. The fourth-order valence-electron chi connectivity index (χ4n) is 15.3. The van der Waals surface area contributed by atoms with Gasteiger partial charge >= 0.3 is 0 Å². The molecule has 5 aromatic carbocycles. The zero-order chi connectivity index (χ0) is 39.8. The Balaban J connectivity index is 1.12. The number of hydrogen-bond acceptors (Lipinski definition) is 2. The summed E-state index contributed by atoms with van der Waals surface area (Å²) in [5, 5.41) is 0. The molecule has 5 aromatic rings. The molecule has 0 amide bonds. The second-order valence-electron chi connectivity index (χ2n) is 22.7. The third kappa shape index (κ3) is 4.30. The van der Waals surface area contributed by atoms with E-state index in [9.17, 15) is 0 Å².